The molecule has 0 spiro atoms. The van der Waals surface area contributed by atoms with Crippen molar-refractivity contribution in [1.82, 2.24) is 0 Å². The molecule has 7 heteroatoms. The summed E-state index contributed by atoms with van der Waals surface area (Å²) in [6, 6.07) is 1.72. The fourth-order valence-electron chi connectivity index (χ4n) is 1.04. The maximum absolute atomic E-state index is 13.1. The zero-order chi connectivity index (χ0) is 12.5. The van der Waals surface area contributed by atoms with Crippen LogP contribution >= 0.6 is 11.6 Å². The van der Waals surface area contributed by atoms with Gasteiger partial charge in [-0.05, 0) is 12.1 Å². The molecule has 0 saturated heterocycles. The van der Waals surface area contributed by atoms with Crippen LogP contribution < -0.4 is 4.74 Å². The molecule has 0 bridgehead atoms. The monoisotopic (exact) mass is 256 g/mol. The normalized spacial score (nSPS) is 11.4. The molecule has 16 heavy (non-hydrogen) atoms. The SMILES string of the molecule is COc1ccc(F)c(C(=O)C(F)(F)F)c1Cl. The first-order chi connectivity index (χ1) is 7.29. The molecular weight excluding hydrogens is 252 g/mol. The summed E-state index contributed by atoms with van der Waals surface area (Å²) in [5.41, 5.74) is -1.23. The molecule has 0 saturated carbocycles. The molecular formula is C9H5ClF4O2. The predicted octanol–water partition coefficient (Wildman–Crippen LogP) is 3.23. The van der Waals surface area contributed by atoms with E-state index in [1.54, 1.807) is 0 Å². The molecule has 0 amide bonds. The summed E-state index contributed by atoms with van der Waals surface area (Å²) < 4.78 is 54.0. The molecule has 1 aromatic carbocycles. The van der Waals surface area contributed by atoms with Gasteiger partial charge >= 0.3 is 6.18 Å². The smallest absolute Gasteiger partial charge is 0.455 e. The lowest BCUT2D eigenvalue weighted by atomic mass is 10.1. The van der Waals surface area contributed by atoms with Gasteiger partial charge in [-0.25, -0.2) is 4.39 Å². The molecule has 0 aliphatic carbocycles. The van der Waals surface area contributed by atoms with E-state index in [2.05, 4.69) is 4.74 Å². The van der Waals surface area contributed by atoms with Crippen molar-refractivity contribution in [2.75, 3.05) is 7.11 Å². The second kappa shape index (κ2) is 4.29. The summed E-state index contributed by atoms with van der Waals surface area (Å²) in [4.78, 5) is 10.9. The minimum absolute atomic E-state index is 0.198. The first kappa shape index (κ1) is 12.8. The van der Waals surface area contributed by atoms with Crippen LogP contribution in [0.1, 0.15) is 10.4 Å². The van der Waals surface area contributed by atoms with Gasteiger partial charge in [0, 0.05) is 0 Å². The molecule has 0 aromatic heterocycles. The van der Waals surface area contributed by atoms with E-state index in [1.807, 2.05) is 0 Å². The van der Waals surface area contributed by atoms with Crippen LogP contribution in [0.5, 0.6) is 5.75 Å². The molecule has 0 atom stereocenters. The van der Waals surface area contributed by atoms with Crippen molar-refractivity contribution in [3.05, 3.63) is 28.5 Å². The van der Waals surface area contributed by atoms with Crippen LogP contribution in [-0.4, -0.2) is 19.1 Å². The largest absolute Gasteiger partial charge is 0.495 e. The van der Waals surface area contributed by atoms with Gasteiger partial charge in [-0.3, -0.25) is 4.79 Å². The highest BCUT2D eigenvalue weighted by molar-refractivity contribution is 6.35. The molecule has 0 heterocycles. The van der Waals surface area contributed by atoms with E-state index in [4.69, 9.17) is 11.6 Å². The molecule has 88 valence electrons. The highest BCUT2D eigenvalue weighted by atomic mass is 35.5. The maximum Gasteiger partial charge on any atom is 0.455 e. The number of carbonyl (C=O) groups is 1. The van der Waals surface area contributed by atoms with Gasteiger partial charge in [-0.15, -0.1) is 0 Å². The van der Waals surface area contributed by atoms with Crippen LogP contribution in [0.2, 0.25) is 5.02 Å². The zero-order valence-electron chi connectivity index (χ0n) is 7.86. The summed E-state index contributed by atoms with van der Waals surface area (Å²) in [5.74, 6) is -3.88. The van der Waals surface area contributed by atoms with Gasteiger partial charge in [0.25, 0.3) is 5.78 Å². The number of Topliss-reactive ketones (excluding diaryl/α,β-unsaturated/α-hetero) is 1. The fourth-order valence-corrected chi connectivity index (χ4v) is 1.36. The van der Waals surface area contributed by atoms with Crippen LogP contribution in [0.4, 0.5) is 17.6 Å². The molecule has 1 rings (SSSR count). The van der Waals surface area contributed by atoms with Crippen molar-refractivity contribution in [2.45, 2.75) is 6.18 Å². The summed E-state index contributed by atoms with van der Waals surface area (Å²) in [6.07, 6.45) is -5.18. The van der Waals surface area contributed by atoms with Crippen molar-refractivity contribution in [2.24, 2.45) is 0 Å². The molecule has 0 radical (unpaired) electrons. The van der Waals surface area contributed by atoms with Crippen LogP contribution in [0, 0.1) is 5.82 Å². The first-order valence-corrected chi connectivity index (χ1v) is 4.30. The number of ketones is 1. The number of rotatable bonds is 2. The Bertz CT molecular complexity index is 428. The molecule has 0 fully saturated rings. The van der Waals surface area contributed by atoms with Crippen LogP contribution in [0.3, 0.4) is 0 Å². The Morgan fingerprint density at radius 2 is 1.94 bits per heavy atom. The Balaban J connectivity index is 3.38. The fraction of sp³-hybridized carbons (Fsp3) is 0.222. The number of ether oxygens (including phenoxy) is 1. The van der Waals surface area contributed by atoms with Crippen LogP contribution in [0.15, 0.2) is 12.1 Å². The molecule has 0 aliphatic heterocycles. The summed E-state index contributed by atoms with van der Waals surface area (Å²) >= 11 is 5.43. The molecule has 0 unspecified atom stereocenters. The van der Waals surface area contributed by atoms with Gasteiger partial charge in [-0.2, -0.15) is 13.2 Å². The molecule has 2 nitrogen and oxygen atoms in total. The Labute approximate surface area is 92.8 Å². The van der Waals surface area contributed by atoms with E-state index in [9.17, 15) is 22.4 Å². The molecule has 0 N–H and O–H groups in total. The highest BCUT2D eigenvalue weighted by Gasteiger charge is 2.42. The number of hydrogen-bond donors (Lipinski definition) is 0. The van der Waals surface area contributed by atoms with Crippen molar-refractivity contribution < 1.29 is 27.1 Å². The standard InChI is InChI=1S/C9H5ClF4O2/c1-16-5-3-2-4(11)6(7(5)10)8(15)9(12,13)14/h2-3H,1H3. The Morgan fingerprint density at radius 3 is 2.38 bits per heavy atom. The Hall–Kier alpha value is -1.30. The van der Waals surface area contributed by atoms with Gasteiger partial charge in [0.15, 0.2) is 0 Å². The number of halogens is 5. The van der Waals surface area contributed by atoms with Crippen molar-refractivity contribution in [3.63, 3.8) is 0 Å². The summed E-state index contributed by atoms with van der Waals surface area (Å²) in [5, 5.41) is -0.690. The Kier molecular flexibility index (Phi) is 3.42. The number of benzene rings is 1. The van der Waals surface area contributed by atoms with Crippen molar-refractivity contribution in [1.29, 1.82) is 0 Å². The second-order valence-corrected chi connectivity index (χ2v) is 3.14. The molecule has 0 aliphatic rings. The van der Waals surface area contributed by atoms with Crippen LogP contribution in [-0.2, 0) is 0 Å². The first-order valence-electron chi connectivity index (χ1n) is 3.92. The van der Waals surface area contributed by atoms with Gasteiger partial charge in [-0.1, -0.05) is 11.6 Å². The van der Waals surface area contributed by atoms with E-state index in [0.717, 1.165) is 13.2 Å². The summed E-state index contributed by atoms with van der Waals surface area (Å²) in [7, 11) is 1.14. The third-order valence-corrected chi connectivity index (χ3v) is 2.14. The lowest BCUT2D eigenvalue weighted by Gasteiger charge is -2.10. The predicted molar refractivity (Wildman–Crippen MR) is 48.3 cm³/mol. The Morgan fingerprint density at radius 1 is 1.38 bits per heavy atom. The quantitative estimate of drug-likeness (QED) is 0.600. The van der Waals surface area contributed by atoms with E-state index < -0.39 is 28.4 Å². The van der Waals surface area contributed by atoms with Crippen molar-refractivity contribution >= 4 is 17.4 Å². The third kappa shape index (κ3) is 2.27. The number of methoxy groups -OCH3 is 1. The number of alkyl halides is 3. The number of carbonyl (C=O) groups excluding carboxylic acids is 1. The van der Waals surface area contributed by atoms with E-state index in [1.165, 1.54) is 0 Å². The molecule has 1 aromatic rings. The van der Waals surface area contributed by atoms with Crippen LogP contribution in [0.25, 0.3) is 0 Å². The second-order valence-electron chi connectivity index (χ2n) is 2.77. The van der Waals surface area contributed by atoms with Crippen molar-refractivity contribution in [3.8, 4) is 5.75 Å². The summed E-state index contributed by atoms with van der Waals surface area (Å²) in [6.45, 7) is 0. The maximum atomic E-state index is 13.1. The zero-order valence-corrected chi connectivity index (χ0v) is 8.62. The highest BCUT2D eigenvalue weighted by Crippen LogP contribution is 2.34. The third-order valence-electron chi connectivity index (χ3n) is 1.76. The lowest BCUT2D eigenvalue weighted by Crippen LogP contribution is -2.24. The lowest BCUT2D eigenvalue weighted by molar-refractivity contribution is -0.0887. The van der Waals surface area contributed by atoms with Gasteiger partial charge in [0.05, 0.1) is 17.7 Å². The van der Waals surface area contributed by atoms with E-state index in [-0.39, 0.29) is 5.75 Å². The topological polar surface area (TPSA) is 26.3 Å². The van der Waals surface area contributed by atoms with E-state index in [0.29, 0.717) is 6.07 Å². The van der Waals surface area contributed by atoms with Gasteiger partial charge in [0.2, 0.25) is 0 Å². The number of hydrogen-bond acceptors (Lipinski definition) is 2. The van der Waals surface area contributed by atoms with Gasteiger partial charge < -0.3 is 4.74 Å². The average molecular weight is 257 g/mol. The minimum atomic E-state index is -5.18. The average Bonchev–Trinajstić information content (AvgIpc) is 2.16. The van der Waals surface area contributed by atoms with Gasteiger partial charge in [0.1, 0.15) is 11.6 Å². The minimum Gasteiger partial charge on any atom is -0.495 e. The van der Waals surface area contributed by atoms with E-state index >= 15 is 0 Å².